The number of likely N-dealkylation sites (tertiary alicyclic amines) is 1. The molecule has 0 saturated carbocycles. The summed E-state index contributed by atoms with van der Waals surface area (Å²) < 4.78 is 0. The van der Waals surface area contributed by atoms with Crippen molar-refractivity contribution < 1.29 is 9.59 Å². The lowest BCUT2D eigenvalue weighted by atomic mass is 10.1. The fourth-order valence-electron chi connectivity index (χ4n) is 3.37. The second-order valence-corrected chi connectivity index (χ2v) is 7.41. The van der Waals surface area contributed by atoms with E-state index in [9.17, 15) is 9.59 Å². The SMILES string of the molecule is Cc1cc(C)c(NC(=O)c2cccc(C(=O)N3CCCCCC3)n2)c(Cl)c1. The van der Waals surface area contributed by atoms with Crippen LogP contribution >= 0.6 is 11.6 Å². The molecular weight excluding hydrogens is 362 g/mol. The van der Waals surface area contributed by atoms with Gasteiger partial charge < -0.3 is 10.2 Å². The van der Waals surface area contributed by atoms with Crippen molar-refractivity contribution in [3.05, 3.63) is 57.9 Å². The van der Waals surface area contributed by atoms with Gasteiger partial charge in [-0.05, 0) is 56.0 Å². The van der Waals surface area contributed by atoms with E-state index in [0.29, 0.717) is 16.4 Å². The van der Waals surface area contributed by atoms with Gasteiger partial charge in [-0.1, -0.05) is 36.6 Å². The van der Waals surface area contributed by atoms with Crippen molar-refractivity contribution in [2.24, 2.45) is 0 Å². The van der Waals surface area contributed by atoms with Gasteiger partial charge in [-0.15, -0.1) is 0 Å². The first-order valence-electron chi connectivity index (χ1n) is 9.30. The molecule has 6 heteroatoms. The second-order valence-electron chi connectivity index (χ2n) is 7.01. The number of carbonyl (C=O) groups is 2. The van der Waals surface area contributed by atoms with Gasteiger partial charge in [0.25, 0.3) is 11.8 Å². The van der Waals surface area contributed by atoms with E-state index < -0.39 is 0 Å². The van der Waals surface area contributed by atoms with E-state index in [1.54, 1.807) is 24.3 Å². The molecule has 1 aromatic carbocycles. The molecule has 3 rings (SSSR count). The van der Waals surface area contributed by atoms with Gasteiger partial charge in [0, 0.05) is 13.1 Å². The highest BCUT2D eigenvalue weighted by Gasteiger charge is 2.20. The van der Waals surface area contributed by atoms with E-state index in [2.05, 4.69) is 10.3 Å². The molecule has 5 nitrogen and oxygen atoms in total. The summed E-state index contributed by atoms with van der Waals surface area (Å²) in [5, 5.41) is 3.30. The van der Waals surface area contributed by atoms with E-state index in [1.807, 2.05) is 24.8 Å². The first kappa shape index (κ1) is 19.4. The molecule has 0 atom stereocenters. The van der Waals surface area contributed by atoms with Gasteiger partial charge in [0.2, 0.25) is 0 Å². The highest BCUT2D eigenvalue weighted by molar-refractivity contribution is 6.34. The minimum Gasteiger partial charge on any atom is -0.337 e. The molecule has 2 aromatic rings. The molecular formula is C21H24ClN3O2. The van der Waals surface area contributed by atoms with Crippen LogP contribution in [-0.4, -0.2) is 34.8 Å². The molecule has 0 aliphatic carbocycles. The maximum atomic E-state index is 12.7. The predicted molar refractivity (Wildman–Crippen MR) is 107 cm³/mol. The predicted octanol–water partition coefficient (Wildman–Crippen LogP) is 4.62. The average molecular weight is 386 g/mol. The Bertz CT molecular complexity index is 835. The Morgan fingerprint density at radius 3 is 2.37 bits per heavy atom. The number of amides is 2. The van der Waals surface area contributed by atoms with E-state index in [-0.39, 0.29) is 17.5 Å². The standard InChI is InChI=1S/C21H24ClN3O2/c1-14-12-15(2)19(16(22)13-14)24-20(26)17-8-7-9-18(23-17)21(27)25-10-5-3-4-6-11-25/h7-9,12-13H,3-6,10-11H2,1-2H3,(H,24,26). The number of pyridine rings is 1. The van der Waals surface area contributed by atoms with Crippen molar-refractivity contribution in [3.63, 3.8) is 0 Å². The Labute approximate surface area is 164 Å². The largest absolute Gasteiger partial charge is 0.337 e. The van der Waals surface area contributed by atoms with Gasteiger partial charge in [0.05, 0.1) is 10.7 Å². The highest BCUT2D eigenvalue weighted by atomic mass is 35.5. The summed E-state index contributed by atoms with van der Waals surface area (Å²) in [5.74, 6) is -0.495. The minimum absolute atomic E-state index is 0.115. The van der Waals surface area contributed by atoms with E-state index >= 15 is 0 Å². The van der Waals surface area contributed by atoms with Crippen molar-refractivity contribution in [2.45, 2.75) is 39.5 Å². The zero-order chi connectivity index (χ0) is 19.4. The molecule has 1 aliphatic heterocycles. The molecule has 1 saturated heterocycles. The summed E-state index contributed by atoms with van der Waals surface area (Å²) in [6.45, 7) is 5.33. The van der Waals surface area contributed by atoms with Crippen molar-refractivity contribution >= 4 is 29.1 Å². The summed E-state index contributed by atoms with van der Waals surface area (Å²) in [4.78, 5) is 31.5. The normalized spacial score (nSPS) is 14.6. The van der Waals surface area contributed by atoms with Crippen molar-refractivity contribution in [1.82, 2.24) is 9.88 Å². The van der Waals surface area contributed by atoms with Gasteiger partial charge in [-0.3, -0.25) is 9.59 Å². The number of carbonyl (C=O) groups excluding carboxylic acids is 2. The van der Waals surface area contributed by atoms with Crippen LogP contribution in [0.1, 0.15) is 57.8 Å². The number of benzene rings is 1. The third-order valence-corrected chi connectivity index (χ3v) is 5.06. The van der Waals surface area contributed by atoms with Crippen molar-refractivity contribution in [2.75, 3.05) is 18.4 Å². The molecule has 0 bridgehead atoms. The summed E-state index contributed by atoms with van der Waals surface area (Å²) >= 11 is 6.27. The van der Waals surface area contributed by atoms with Crippen LogP contribution in [-0.2, 0) is 0 Å². The Morgan fingerprint density at radius 2 is 1.70 bits per heavy atom. The number of anilines is 1. The van der Waals surface area contributed by atoms with Gasteiger partial charge in [-0.25, -0.2) is 4.98 Å². The maximum Gasteiger partial charge on any atom is 0.274 e. The lowest BCUT2D eigenvalue weighted by molar-refractivity contribution is 0.0755. The summed E-state index contributed by atoms with van der Waals surface area (Å²) in [6.07, 6.45) is 4.32. The molecule has 0 unspecified atom stereocenters. The molecule has 27 heavy (non-hydrogen) atoms. The number of hydrogen-bond acceptors (Lipinski definition) is 3. The molecule has 0 spiro atoms. The molecule has 1 aliphatic rings. The first-order chi connectivity index (χ1) is 13.0. The average Bonchev–Trinajstić information content (AvgIpc) is 2.93. The Kier molecular flexibility index (Phi) is 6.11. The topological polar surface area (TPSA) is 62.3 Å². The van der Waals surface area contributed by atoms with Gasteiger partial charge >= 0.3 is 0 Å². The summed E-state index contributed by atoms with van der Waals surface area (Å²) in [6, 6.07) is 8.71. The minimum atomic E-state index is -0.380. The molecule has 1 N–H and O–H groups in total. The van der Waals surface area contributed by atoms with Crippen LogP contribution in [0.5, 0.6) is 0 Å². The zero-order valence-corrected chi connectivity index (χ0v) is 16.5. The Balaban J connectivity index is 1.79. The fraction of sp³-hybridized carbons (Fsp3) is 0.381. The first-order valence-corrected chi connectivity index (χ1v) is 9.68. The molecule has 1 fully saturated rings. The van der Waals surface area contributed by atoms with Crippen LogP contribution in [0.4, 0.5) is 5.69 Å². The van der Waals surface area contributed by atoms with Crippen LogP contribution < -0.4 is 5.32 Å². The number of hydrogen-bond donors (Lipinski definition) is 1. The van der Waals surface area contributed by atoms with Crippen LogP contribution in [0.15, 0.2) is 30.3 Å². The Hall–Kier alpha value is -2.40. The molecule has 142 valence electrons. The molecule has 1 aromatic heterocycles. The third-order valence-electron chi connectivity index (χ3n) is 4.76. The number of rotatable bonds is 3. The van der Waals surface area contributed by atoms with E-state index in [4.69, 9.17) is 11.6 Å². The van der Waals surface area contributed by atoms with Crippen LogP contribution in [0.25, 0.3) is 0 Å². The molecule has 2 amide bonds. The van der Waals surface area contributed by atoms with E-state index in [1.165, 1.54) is 0 Å². The number of aromatic nitrogens is 1. The van der Waals surface area contributed by atoms with Crippen LogP contribution in [0, 0.1) is 13.8 Å². The number of nitrogens with zero attached hydrogens (tertiary/aromatic N) is 2. The number of halogens is 1. The van der Waals surface area contributed by atoms with Gasteiger partial charge in [0.1, 0.15) is 11.4 Å². The fourth-order valence-corrected chi connectivity index (χ4v) is 3.74. The van der Waals surface area contributed by atoms with Crippen LogP contribution in [0.3, 0.4) is 0 Å². The highest BCUT2D eigenvalue weighted by Crippen LogP contribution is 2.27. The Morgan fingerprint density at radius 1 is 1.04 bits per heavy atom. The van der Waals surface area contributed by atoms with Crippen LogP contribution in [0.2, 0.25) is 5.02 Å². The van der Waals surface area contributed by atoms with Gasteiger partial charge in [0.15, 0.2) is 0 Å². The summed E-state index contributed by atoms with van der Waals surface area (Å²) in [5.41, 5.74) is 2.98. The number of aryl methyl sites for hydroxylation is 2. The van der Waals surface area contributed by atoms with E-state index in [0.717, 1.165) is 49.9 Å². The second kappa shape index (κ2) is 8.53. The van der Waals surface area contributed by atoms with Crippen molar-refractivity contribution in [1.29, 1.82) is 0 Å². The van der Waals surface area contributed by atoms with Gasteiger partial charge in [-0.2, -0.15) is 0 Å². The lowest BCUT2D eigenvalue weighted by Gasteiger charge is -2.20. The zero-order valence-electron chi connectivity index (χ0n) is 15.7. The maximum absolute atomic E-state index is 12.7. The quantitative estimate of drug-likeness (QED) is 0.838. The molecule has 0 radical (unpaired) electrons. The van der Waals surface area contributed by atoms with Crippen molar-refractivity contribution in [3.8, 4) is 0 Å². The number of nitrogens with one attached hydrogen (secondary N) is 1. The third kappa shape index (κ3) is 4.66. The summed E-state index contributed by atoms with van der Waals surface area (Å²) in [7, 11) is 0. The monoisotopic (exact) mass is 385 g/mol. The smallest absolute Gasteiger partial charge is 0.274 e. The lowest BCUT2D eigenvalue weighted by Crippen LogP contribution is -2.32. The molecule has 2 heterocycles.